The Labute approximate surface area is 95.8 Å². The zero-order valence-electron chi connectivity index (χ0n) is 9.91. The van der Waals surface area contributed by atoms with Gasteiger partial charge in [-0.3, -0.25) is 4.79 Å². The van der Waals surface area contributed by atoms with Crippen LogP contribution in [0.1, 0.15) is 18.1 Å². The quantitative estimate of drug-likeness (QED) is 0.797. The van der Waals surface area contributed by atoms with Crippen molar-refractivity contribution in [2.75, 3.05) is 7.11 Å². The molecule has 0 saturated carbocycles. The summed E-state index contributed by atoms with van der Waals surface area (Å²) < 4.78 is 5.24. The summed E-state index contributed by atoms with van der Waals surface area (Å²) in [6.45, 7) is 4.08. The summed E-state index contributed by atoms with van der Waals surface area (Å²) in [4.78, 5) is 11.3. The molecule has 0 saturated heterocycles. The summed E-state index contributed by atoms with van der Waals surface area (Å²) in [5, 5.41) is 2.75. The topological polar surface area (TPSA) is 64.3 Å². The number of rotatable bonds is 4. The minimum Gasteiger partial charge on any atom is -0.496 e. The highest BCUT2D eigenvalue weighted by Crippen LogP contribution is 2.19. The molecule has 0 bridgehead atoms. The van der Waals surface area contributed by atoms with Gasteiger partial charge in [0.25, 0.3) is 0 Å². The molecule has 1 rings (SSSR count). The number of amides is 1. The Hall–Kier alpha value is -1.55. The standard InChI is InChI=1S/C12H18N2O2/c1-8-4-5-10(11(6-8)16-3)7-14-12(15)9(2)13/h4-6,9H,7,13H2,1-3H3,(H,14,15)/t9-/m0/s1. The lowest BCUT2D eigenvalue weighted by Crippen LogP contribution is -2.37. The van der Waals surface area contributed by atoms with E-state index in [1.807, 2.05) is 25.1 Å². The van der Waals surface area contributed by atoms with Crippen LogP contribution in [0.25, 0.3) is 0 Å². The Morgan fingerprint density at radius 1 is 1.56 bits per heavy atom. The normalized spacial score (nSPS) is 12.0. The molecule has 1 aromatic carbocycles. The number of carbonyl (C=O) groups is 1. The number of hydrogen-bond acceptors (Lipinski definition) is 3. The number of hydrogen-bond donors (Lipinski definition) is 2. The van der Waals surface area contributed by atoms with Gasteiger partial charge in [-0.1, -0.05) is 12.1 Å². The van der Waals surface area contributed by atoms with Crippen LogP contribution in [-0.4, -0.2) is 19.1 Å². The minimum atomic E-state index is -0.489. The molecule has 0 radical (unpaired) electrons. The molecule has 1 atom stereocenters. The van der Waals surface area contributed by atoms with E-state index < -0.39 is 6.04 Å². The van der Waals surface area contributed by atoms with Crippen molar-refractivity contribution >= 4 is 5.91 Å². The third-order valence-corrected chi connectivity index (χ3v) is 2.31. The molecule has 16 heavy (non-hydrogen) atoms. The minimum absolute atomic E-state index is 0.164. The van der Waals surface area contributed by atoms with Gasteiger partial charge >= 0.3 is 0 Å². The predicted molar refractivity (Wildman–Crippen MR) is 63.2 cm³/mol. The Kier molecular flexibility index (Phi) is 4.31. The lowest BCUT2D eigenvalue weighted by Gasteiger charge is -2.11. The molecule has 4 heteroatoms. The van der Waals surface area contributed by atoms with Crippen molar-refractivity contribution in [3.05, 3.63) is 29.3 Å². The summed E-state index contributed by atoms with van der Waals surface area (Å²) in [6, 6.07) is 5.37. The molecule has 0 unspecified atom stereocenters. The monoisotopic (exact) mass is 222 g/mol. The number of aryl methyl sites for hydroxylation is 1. The van der Waals surface area contributed by atoms with Crippen LogP contribution in [-0.2, 0) is 11.3 Å². The van der Waals surface area contributed by atoms with Crippen molar-refractivity contribution in [3.8, 4) is 5.75 Å². The van der Waals surface area contributed by atoms with Crippen molar-refractivity contribution < 1.29 is 9.53 Å². The second kappa shape index (κ2) is 5.51. The molecule has 0 fully saturated rings. The van der Waals surface area contributed by atoms with E-state index in [1.165, 1.54) is 0 Å². The van der Waals surface area contributed by atoms with Gasteiger partial charge in [0.1, 0.15) is 5.75 Å². The number of methoxy groups -OCH3 is 1. The first-order chi connectivity index (χ1) is 7.54. The van der Waals surface area contributed by atoms with Gasteiger partial charge < -0.3 is 15.8 Å². The van der Waals surface area contributed by atoms with Crippen molar-refractivity contribution in [1.29, 1.82) is 0 Å². The van der Waals surface area contributed by atoms with Crippen LogP contribution < -0.4 is 15.8 Å². The first kappa shape index (κ1) is 12.5. The molecule has 1 aromatic rings. The maximum absolute atomic E-state index is 11.3. The summed E-state index contributed by atoms with van der Waals surface area (Å²) >= 11 is 0. The van der Waals surface area contributed by atoms with E-state index in [9.17, 15) is 4.79 Å². The zero-order chi connectivity index (χ0) is 12.1. The van der Waals surface area contributed by atoms with E-state index in [-0.39, 0.29) is 5.91 Å². The smallest absolute Gasteiger partial charge is 0.236 e. The SMILES string of the molecule is COc1cc(C)ccc1CNC(=O)[C@H](C)N. The first-order valence-corrected chi connectivity index (χ1v) is 5.21. The summed E-state index contributed by atoms with van der Waals surface area (Å²) in [5.41, 5.74) is 7.52. The zero-order valence-corrected chi connectivity index (χ0v) is 9.91. The predicted octanol–water partition coefficient (Wildman–Crippen LogP) is 0.967. The number of ether oxygens (including phenoxy) is 1. The number of nitrogens with two attached hydrogens (primary N) is 1. The second-order valence-electron chi connectivity index (χ2n) is 3.82. The molecular formula is C12H18N2O2. The molecule has 1 amide bonds. The van der Waals surface area contributed by atoms with Crippen LogP contribution >= 0.6 is 0 Å². The number of benzene rings is 1. The maximum Gasteiger partial charge on any atom is 0.236 e. The van der Waals surface area contributed by atoms with Gasteiger partial charge in [0.2, 0.25) is 5.91 Å². The van der Waals surface area contributed by atoms with Crippen LogP contribution in [0.2, 0.25) is 0 Å². The highest BCUT2D eigenvalue weighted by molar-refractivity contribution is 5.80. The van der Waals surface area contributed by atoms with Gasteiger partial charge in [-0.2, -0.15) is 0 Å². The van der Waals surface area contributed by atoms with Crippen LogP contribution in [0, 0.1) is 6.92 Å². The average molecular weight is 222 g/mol. The molecule has 0 aliphatic carbocycles. The molecule has 0 spiro atoms. The fourth-order valence-corrected chi connectivity index (χ4v) is 1.34. The highest BCUT2D eigenvalue weighted by atomic mass is 16.5. The third kappa shape index (κ3) is 3.24. The van der Waals surface area contributed by atoms with Gasteiger partial charge in [-0.05, 0) is 25.5 Å². The summed E-state index contributed by atoms with van der Waals surface area (Å²) in [5.74, 6) is 0.618. The molecule has 0 aromatic heterocycles. The van der Waals surface area contributed by atoms with Crippen LogP contribution in [0.15, 0.2) is 18.2 Å². The Bertz CT molecular complexity index is 375. The number of carbonyl (C=O) groups excluding carboxylic acids is 1. The Morgan fingerprint density at radius 3 is 2.81 bits per heavy atom. The average Bonchev–Trinajstić information content (AvgIpc) is 2.26. The van der Waals surface area contributed by atoms with E-state index >= 15 is 0 Å². The fourth-order valence-electron chi connectivity index (χ4n) is 1.34. The Morgan fingerprint density at radius 2 is 2.25 bits per heavy atom. The second-order valence-corrected chi connectivity index (χ2v) is 3.82. The number of nitrogens with one attached hydrogen (secondary N) is 1. The van der Waals surface area contributed by atoms with E-state index in [0.717, 1.165) is 16.9 Å². The molecule has 4 nitrogen and oxygen atoms in total. The van der Waals surface area contributed by atoms with Crippen LogP contribution in [0.4, 0.5) is 0 Å². The molecule has 0 heterocycles. The first-order valence-electron chi connectivity index (χ1n) is 5.21. The van der Waals surface area contributed by atoms with Gasteiger partial charge in [-0.25, -0.2) is 0 Å². The van der Waals surface area contributed by atoms with Crippen molar-refractivity contribution in [2.45, 2.75) is 26.4 Å². The van der Waals surface area contributed by atoms with E-state index in [1.54, 1.807) is 14.0 Å². The van der Waals surface area contributed by atoms with Crippen molar-refractivity contribution in [2.24, 2.45) is 5.73 Å². The summed E-state index contributed by atoms with van der Waals surface area (Å²) in [6.07, 6.45) is 0. The van der Waals surface area contributed by atoms with E-state index in [2.05, 4.69) is 5.32 Å². The van der Waals surface area contributed by atoms with Crippen LogP contribution in [0.3, 0.4) is 0 Å². The van der Waals surface area contributed by atoms with E-state index in [4.69, 9.17) is 10.5 Å². The lowest BCUT2D eigenvalue weighted by atomic mass is 10.1. The largest absolute Gasteiger partial charge is 0.496 e. The molecule has 3 N–H and O–H groups in total. The molecule has 88 valence electrons. The fraction of sp³-hybridized carbons (Fsp3) is 0.417. The molecular weight excluding hydrogens is 204 g/mol. The summed E-state index contributed by atoms with van der Waals surface area (Å²) in [7, 11) is 1.62. The van der Waals surface area contributed by atoms with Gasteiger partial charge in [0.05, 0.1) is 13.2 Å². The maximum atomic E-state index is 11.3. The molecule has 0 aliphatic rings. The Balaban J connectivity index is 2.70. The molecule has 0 aliphatic heterocycles. The third-order valence-electron chi connectivity index (χ3n) is 2.31. The van der Waals surface area contributed by atoms with Gasteiger partial charge in [0, 0.05) is 12.1 Å². The highest BCUT2D eigenvalue weighted by Gasteiger charge is 2.08. The van der Waals surface area contributed by atoms with Crippen molar-refractivity contribution in [3.63, 3.8) is 0 Å². The van der Waals surface area contributed by atoms with E-state index in [0.29, 0.717) is 6.54 Å². The van der Waals surface area contributed by atoms with Crippen molar-refractivity contribution in [1.82, 2.24) is 5.32 Å². The lowest BCUT2D eigenvalue weighted by molar-refractivity contribution is -0.122. The van der Waals surface area contributed by atoms with Gasteiger partial charge in [-0.15, -0.1) is 0 Å². The van der Waals surface area contributed by atoms with Crippen LogP contribution in [0.5, 0.6) is 5.75 Å². The van der Waals surface area contributed by atoms with Gasteiger partial charge in [0.15, 0.2) is 0 Å².